The lowest BCUT2D eigenvalue weighted by molar-refractivity contribution is -0.129. The fraction of sp³-hybridized carbons (Fsp3) is 0.364. The van der Waals surface area contributed by atoms with Crippen molar-refractivity contribution in [1.82, 2.24) is 5.32 Å². The van der Waals surface area contributed by atoms with Crippen molar-refractivity contribution in [2.24, 2.45) is 0 Å². The van der Waals surface area contributed by atoms with E-state index >= 15 is 0 Å². The molecule has 0 bridgehead atoms. The van der Waals surface area contributed by atoms with Gasteiger partial charge in [0.15, 0.2) is 6.10 Å². The van der Waals surface area contributed by atoms with Crippen molar-refractivity contribution >= 4 is 35.1 Å². The van der Waals surface area contributed by atoms with E-state index in [4.69, 9.17) is 32.7 Å². The molecule has 0 aliphatic heterocycles. The quantitative estimate of drug-likeness (QED) is 0.409. The van der Waals surface area contributed by atoms with Crippen LogP contribution in [0.25, 0.3) is 0 Å². The van der Waals surface area contributed by atoms with Gasteiger partial charge in [-0.3, -0.25) is 4.79 Å². The van der Waals surface area contributed by atoms with E-state index in [1.807, 2.05) is 0 Å². The van der Waals surface area contributed by atoms with Gasteiger partial charge in [-0.1, -0.05) is 42.6 Å². The van der Waals surface area contributed by atoms with Gasteiger partial charge < -0.3 is 14.8 Å². The molecule has 1 amide bonds. The smallest absolute Gasteiger partial charge is 0.338 e. The van der Waals surface area contributed by atoms with Gasteiger partial charge in [0.2, 0.25) is 0 Å². The van der Waals surface area contributed by atoms with Crippen molar-refractivity contribution in [1.29, 1.82) is 0 Å². The minimum absolute atomic E-state index is 0.348. The Labute approximate surface area is 181 Å². The van der Waals surface area contributed by atoms with Gasteiger partial charge in [0.25, 0.3) is 5.91 Å². The lowest BCUT2D eigenvalue weighted by Gasteiger charge is -2.19. The SMILES string of the molecule is CCCCOc1ccc(C(=O)O[C@@H](C)C(=O)N[C@H](C)c2ccc(Cl)cc2Cl)cc1. The minimum Gasteiger partial charge on any atom is -0.494 e. The molecule has 0 aliphatic carbocycles. The van der Waals surface area contributed by atoms with E-state index in [-0.39, 0.29) is 6.04 Å². The van der Waals surface area contributed by atoms with E-state index in [0.29, 0.717) is 28.0 Å². The number of amides is 1. The molecule has 2 aromatic carbocycles. The normalized spacial score (nSPS) is 12.7. The summed E-state index contributed by atoms with van der Waals surface area (Å²) in [4.78, 5) is 24.7. The van der Waals surface area contributed by atoms with Crippen LogP contribution in [0.4, 0.5) is 0 Å². The molecule has 0 heterocycles. The molecule has 0 saturated carbocycles. The van der Waals surface area contributed by atoms with Crippen LogP contribution in [0.3, 0.4) is 0 Å². The summed E-state index contributed by atoms with van der Waals surface area (Å²) in [5.41, 5.74) is 1.07. The fourth-order valence-electron chi connectivity index (χ4n) is 2.56. The van der Waals surface area contributed by atoms with Gasteiger partial charge in [-0.15, -0.1) is 0 Å². The second-order valence-corrected chi connectivity index (χ2v) is 7.51. The molecule has 7 heteroatoms. The van der Waals surface area contributed by atoms with Crippen LogP contribution in [0, 0.1) is 0 Å². The lowest BCUT2D eigenvalue weighted by atomic mass is 10.1. The third kappa shape index (κ3) is 6.94. The molecule has 0 unspecified atom stereocenters. The van der Waals surface area contributed by atoms with Crippen LogP contribution in [-0.4, -0.2) is 24.6 Å². The highest BCUT2D eigenvalue weighted by molar-refractivity contribution is 6.35. The lowest BCUT2D eigenvalue weighted by Crippen LogP contribution is -2.37. The number of halogens is 2. The Morgan fingerprint density at radius 2 is 1.76 bits per heavy atom. The summed E-state index contributed by atoms with van der Waals surface area (Å²) in [5, 5.41) is 3.76. The number of esters is 1. The number of carbonyl (C=O) groups excluding carboxylic acids is 2. The topological polar surface area (TPSA) is 64.6 Å². The molecule has 0 fully saturated rings. The van der Waals surface area contributed by atoms with E-state index in [9.17, 15) is 9.59 Å². The van der Waals surface area contributed by atoms with Crippen molar-refractivity contribution in [3.05, 3.63) is 63.6 Å². The van der Waals surface area contributed by atoms with Crippen LogP contribution in [0.1, 0.15) is 55.6 Å². The van der Waals surface area contributed by atoms with Crippen molar-refractivity contribution in [2.75, 3.05) is 6.61 Å². The summed E-state index contributed by atoms with van der Waals surface area (Å²) in [6, 6.07) is 11.3. The summed E-state index contributed by atoms with van der Waals surface area (Å²) >= 11 is 12.1. The maximum atomic E-state index is 12.4. The number of ether oxygens (including phenoxy) is 2. The average molecular weight is 438 g/mol. The summed E-state index contributed by atoms with van der Waals surface area (Å²) in [6.07, 6.45) is 1.06. The molecule has 156 valence electrons. The van der Waals surface area contributed by atoms with Crippen LogP contribution in [0.5, 0.6) is 5.75 Å². The number of benzene rings is 2. The van der Waals surface area contributed by atoms with Gasteiger partial charge in [-0.05, 0) is 62.2 Å². The van der Waals surface area contributed by atoms with Gasteiger partial charge in [0.1, 0.15) is 5.75 Å². The maximum absolute atomic E-state index is 12.4. The zero-order valence-electron chi connectivity index (χ0n) is 16.7. The minimum atomic E-state index is -0.962. The van der Waals surface area contributed by atoms with E-state index in [0.717, 1.165) is 18.4 Å². The van der Waals surface area contributed by atoms with E-state index in [1.165, 1.54) is 6.92 Å². The summed E-state index contributed by atoms with van der Waals surface area (Å²) in [5.74, 6) is -0.309. The summed E-state index contributed by atoms with van der Waals surface area (Å²) in [7, 11) is 0. The Bertz CT molecular complexity index is 839. The molecule has 0 aromatic heterocycles. The Morgan fingerprint density at radius 3 is 2.38 bits per heavy atom. The van der Waals surface area contributed by atoms with E-state index < -0.39 is 18.0 Å². The molecule has 29 heavy (non-hydrogen) atoms. The fourth-order valence-corrected chi connectivity index (χ4v) is 3.14. The summed E-state index contributed by atoms with van der Waals surface area (Å²) in [6.45, 7) is 6.03. The van der Waals surface area contributed by atoms with Gasteiger partial charge in [0.05, 0.1) is 18.2 Å². The predicted octanol–water partition coefficient (Wildman–Crippen LogP) is 5.60. The first-order valence-corrected chi connectivity index (χ1v) is 10.3. The largest absolute Gasteiger partial charge is 0.494 e. The monoisotopic (exact) mass is 437 g/mol. The predicted molar refractivity (Wildman–Crippen MR) is 115 cm³/mol. The second kappa shape index (κ2) is 11.1. The molecule has 0 aliphatic rings. The highest BCUT2D eigenvalue weighted by atomic mass is 35.5. The molecule has 0 saturated heterocycles. The van der Waals surface area contributed by atoms with Crippen LogP contribution in [0.15, 0.2) is 42.5 Å². The highest BCUT2D eigenvalue weighted by Gasteiger charge is 2.21. The summed E-state index contributed by atoms with van der Waals surface area (Å²) < 4.78 is 10.8. The number of hydrogen-bond acceptors (Lipinski definition) is 4. The number of unbranched alkanes of at least 4 members (excludes halogenated alkanes) is 1. The first-order valence-electron chi connectivity index (χ1n) is 9.51. The van der Waals surface area contributed by atoms with Gasteiger partial charge in [-0.2, -0.15) is 0 Å². The Kier molecular flexibility index (Phi) is 8.80. The third-order valence-electron chi connectivity index (χ3n) is 4.30. The van der Waals surface area contributed by atoms with Crippen molar-refractivity contribution in [3.63, 3.8) is 0 Å². The number of hydrogen-bond donors (Lipinski definition) is 1. The molecular weight excluding hydrogens is 413 g/mol. The van der Waals surface area contributed by atoms with Crippen molar-refractivity contribution in [2.45, 2.75) is 45.8 Å². The van der Waals surface area contributed by atoms with Crippen LogP contribution < -0.4 is 10.1 Å². The number of nitrogens with one attached hydrogen (secondary N) is 1. The first-order chi connectivity index (χ1) is 13.8. The Balaban J connectivity index is 1.90. The molecule has 0 radical (unpaired) electrons. The number of carbonyl (C=O) groups is 2. The highest BCUT2D eigenvalue weighted by Crippen LogP contribution is 2.26. The molecule has 2 atom stereocenters. The standard InChI is InChI=1S/C22H25Cl2NO4/c1-4-5-12-28-18-9-6-16(7-10-18)22(27)29-15(3)21(26)25-14(2)19-11-8-17(23)13-20(19)24/h6-11,13-15H,4-5,12H2,1-3H3,(H,25,26)/t14-,15+/m1/s1. The molecular formula is C22H25Cl2NO4. The zero-order valence-corrected chi connectivity index (χ0v) is 18.2. The van der Waals surface area contributed by atoms with Gasteiger partial charge in [-0.25, -0.2) is 4.79 Å². The van der Waals surface area contributed by atoms with E-state index in [1.54, 1.807) is 49.4 Å². The molecule has 2 rings (SSSR count). The molecule has 2 aromatic rings. The molecule has 1 N–H and O–H groups in total. The van der Waals surface area contributed by atoms with Crippen LogP contribution >= 0.6 is 23.2 Å². The number of rotatable bonds is 9. The van der Waals surface area contributed by atoms with Crippen LogP contribution in [0.2, 0.25) is 10.0 Å². The third-order valence-corrected chi connectivity index (χ3v) is 4.86. The maximum Gasteiger partial charge on any atom is 0.338 e. The first kappa shape index (κ1) is 23.0. The second-order valence-electron chi connectivity index (χ2n) is 6.67. The zero-order chi connectivity index (χ0) is 21.4. The van der Waals surface area contributed by atoms with Crippen LogP contribution in [-0.2, 0) is 9.53 Å². The average Bonchev–Trinajstić information content (AvgIpc) is 2.68. The van der Waals surface area contributed by atoms with Crippen molar-refractivity contribution in [3.8, 4) is 5.75 Å². The Morgan fingerprint density at radius 1 is 1.07 bits per heavy atom. The molecule has 0 spiro atoms. The van der Waals surface area contributed by atoms with Gasteiger partial charge >= 0.3 is 5.97 Å². The van der Waals surface area contributed by atoms with E-state index in [2.05, 4.69) is 12.2 Å². The van der Waals surface area contributed by atoms with Crippen molar-refractivity contribution < 1.29 is 19.1 Å². The Hall–Kier alpha value is -2.24. The molecule has 5 nitrogen and oxygen atoms in total. The van der Waals surface area contributed by atoms with Gasteiger partial charge in [0, 0.05) is 10.0 Å².